The van der Waals surface area contributed by atoms with Crippen LogP contribution >= 0.6 is 0 Å². The molecule has 0 heterocycles. The number of methoxy groups -OCH3 is 1. The summed E-state index contributed by atoms with van der Waals surface area (Å²) in [4.78, 5) is 10.3. The number of hydrogen-bond donors (Lipinski definition) is 1. The molecule has 2 aromatic carbocycles. The first-order valence-corrected chi connectivity index (χ1v) is 7.06. The average Bonchev–Trinajstić information content (AvgIpc) is 2.54. The maximum absolute atomic E-state index is 10.8. The number of hydrogen-bond acceptors (Lipinski definition) is 5. The zero-order valence-corrected chi connectivity index (χ0v) is 13.2. The van der Waals surface area contributed by atoms with E-state index in [0.29, 0.717) is 5.69 Å². The Morgan fingerprint density at radius 3 is 2.65 bits per heavy atom. The predicted molar refractivity (Wildman–Crippen MR) is 87.6 cm³/mol. The third-order valence-electron chi connectivity index (χ3n) is 3.56. The molecule has 0 aliphatic rings. The topological polar surface area (TPSA) is 88.2 Å². The van der Waals surface area contributed by atoms with Crippen molar-refractivity contribution in [3.8, 4) is 11.8 Å². The van der Waals surface area contributed by atoms with Crippen LogP contribution in [0.2, 0.25) is 0 Å². The molecular weight excluding hydrogens is 294 g/mol. The van der Waals surface area contributed by atoms with Gasteiger partial charge in [0.25, 0.3) is 5.69 Å². The van der Waals surface area contributed by atoms with Crippen LogP contribution < -0.4 is 10.1 Å². The lowest BCUT2D eigenvalue weighted by Gasteiger charge is -2.19. The van der Waals surface area contributed by atoms with E-state index in [2.05, 4.69) is 5.32 Å². The Morgan fingerprint density at radius 2 is 2.04 bits per heavy atom. The number of benzene rings is 2. The molecule has 0 spiro atoms. The van der Waals surface area contributed by atoms with E-state index in [1.165, 1.54) is 12.1 Å². The highest BCUT2D eigenvalue weighted by Gasteiger charge is 2.15. The maximum atomic E-state index is 10.8. The summed E-state index contributed by atoms with van der Waals surface area (Å²) < 4.78 is 5.37. The highest BCUT2D eigenvalue weighted by molar-refractivity contribution is 5.62. The predicted octanol–water partition coefficient (Wildman–Crippen LogP) is 3.96. The summed E-state index contributed by atoms with van der Waals surface area (Å²) in [5, 5.41) is 23.2. The lowest BCUT2D eigenvalue weighted by Crippen LogP contribution is -2.09. The zero-order valence-electron chi connectivity index (χ0n) is 13.2. The summed E-state index contributed by atoms with van der Waals surface area (Å²) in [5.74, 6) is 0.746. The first-order valence-electron chi connectivity index (χ1n) is 7.06. The number of nitrogens with one attached hydrogen (secondary N) is 1. The van der Waals surface area contributed by atoms with Gasteiger partial charge in [0.1, 0.15) is 11.8 Å². The summed E-state index contributed by atoms with van der Waals surface area (Å²) in [5.41, 5.74) is 2.73. The highest BCUT2D eigenvalue weighted by atomic mass is 16.6. The first kappa shape index (κ1) is 16.3. The van der Waals surface area contributed by atoms with Crippen molar-refractivity contribution in [1.82, 2.24) is 0 Å². The van der Waals surface area contributed by atoms with Crippen molar-refractivity contribution < 1.29 is 9.66 Å². The molecule has 0 amide bonds. The van der Waals surface area contributed by atoms with Crippen LogP contribution in [-0.2, 0) is 0 Å². The Hall–Kier alpha value is -3.07. The van der Waals surface area contributed by atoms with Crippen LogP contribution in [0.5, 0.6) is 5.75 Å². The maximum Gasteiger partial charge on any atom is 0.270 e. The van der Waals surface area contributed by atoms with Crippen LogP contribution in [-0.4, -0.2) is 12.0 Å². The van der Waals surface area contributed by atoms with Gasteiger partial charge in [-0.2, -0.15) is 5.26 Å². The molecular formula is C17H17N3O3. The summed E-state index contributed by atoms with van der Waals surface area (Å²) in [6.07, 6.45) is 0. The van der Waals surface area contributed by atoms with Crippen molar-refractivity contribution in [2.45, 2.75) is 19.9 Å². The monoisotopic (exact) mass is 311 g/mol. The van der Waals surface area contributed by atoms with E-state index in [-0.39, 0.29) is 17.3 Å². The number of rotatable bonds is 5. The van der Waals surface area contributed by atoms with Crippen LogP contribution in [0.25, 0.3) is 0 Å². The Labute approximate surface area is 134 Å². The molecule has 0 aliphatic heterocycles. The minimum absolute atomic E-state index is 0.104. The molecule has 0 saturated carbocycles. The van der Waals surface area contributed by atoms with Gasteiger partial charge in [0.15, 0.2) is 0 Å². The molecule has 1 N–H and O–H groups in total. The highest BCUT2D eigenvalue weighted by Crippen LogP contribution is 2.30. The second-order valence-corrected chi connectivity index (χ2v) is 5.21. The van der Waals surface area contributed by atoms with Crippen LogP contribution in [0.15, 0.2) is 36.4 Å². The van der Waals surface area contributed by atoms with E-state index in [4.69, 9.17) is 4.74 Å². The van der Waals surface area contributed by atoms with Crippen LogP contribution in [0.1, 0.15) is 29.7 Å². The van der Waals surface area contributed by atoms with Gasteiger partial charge in [0.2, 0.25) is 0 Å². The summed E-state index contributed by atoms with van der Waals surface area (Å²) in [6, 6.07) is 11.9. The largest absolute Gasteiger partial charge is 0.496 e. The molecule has 6 nitrogen and oxygen atoms in total. The molecule has 2 aromatic rings. The second-order valence-electron chi connectivity index (χ2n) is 5.21. The van der Waals surface area contributed by atoms with E-state index in [1.54, 1.807) is 13.2 Å². The van der Waals surface area contributed by atoms with Gasteiger partial charge in [-0.15, -0.1) is 0 Å². The molecule has 0 aliphatic carbocycles. The van der Waals surface area contributed by atoms with Gasteiger partial charge in [-0.25, -0.2) is 0 Å². The first-order chi connectivity index (χ1) is 11.0. The third kappa shape index (κ3) is 3.58. The van der Waals surface area contributed by atoms with Gasteiger partial charge in [-0.05, 0) is 26.0 Å². The molecule has 23 heavy (non-hydrogen) atoms. The van der Waals surface area contributed by atoms with E-state index >= 15 is 0 Å². The number of ether oxygens (including phenoxy) is 1. The quantitative estimate of drug-likeness (QED) is 0.667. The van der Waals surface area contributed by atoms with E-state index < -0.39 is 4.92 Å². The summed E-state index contributed by atoms with van der Waals surface area (Å²) in [7, 11) is 1.60. The molecule has 0 aromatic heterocycles. The number of nitro benzene ring substituents is 1. The minimum atomic E-state index is -0.516. The van der Waals surface area contributed by atoms with Gasteiger partial charge >= 0.3 is 0 Å². The van der Waals surface area contributed by atoms with Crippen LogP contribution in [0.4, 0.5) is 11.4 Å². The Balaban J connectivity index is 2.34. The van der Waals surface area contributed by atoms with Crippen molar-refractivity contribution in [1.29, 1.82) is 5.26 Å². The van der Waals surface area contributed by atoms with Crippen molar-refractivity contribution in [2.75, 3.05) is 12.4 Å². The Bertz CT molecular complexity index is 781. The van der Waals surface area contributed by atoms with Crippen molar-refractivity contribution >= 4 is 11.4 Å². The zero-order chi connectivity index (χ0) is 17.0. The number of nitriles is 1. The molecule has 6 heteroatoms. The molecule has 2 rings (SSSR count). The SMILES string of the molecule is COc1ccc(C)cc1C(C)Nc1ccc([N+](=O)[O-])cc1C#N. The molecule has 1 atom stereocenters. The van der Waals surface area contributed by atoms with Gasteiger partial charge in [0.05, 0.1) is 29.3 Å². The fourth-order valence-corrected chi connectivity index (χ4v) is 2.37. The van der Waals surface area contributed by atoms with Crippen molar-refractivity contribution in [3.05, 3.63) is 63.2 Å². The molecule has 1 unspecified atom stereocenters. The standard InChI is InChI=1S/C17H17N3O3/c1-11-4-7-17(23-3)15(8-11)12(2)19-16-6-5-14(20(21)22)9-13(16)10-18/h4-9,12,19H,1-3H3. The number of nitro groups is 1. The van der Waals surface area contributed by atoms with Crippen molar-refractivity contribution in [2.24, 2.45) is 0 Å². The van der Waals surface area contributed by atoms with Gasteiger partial charge in [-0.1, -0.05) is 17.7 Å². The summed E-state index contributed by atoms with van der Waals surface area (Å²) in [6.45, 7) is 3.93. The Kier molecular flexibility index (Phi) is 4.82. The molecule has 0 bridgehead atoms. The fourth-order valence-electron chi connectivity index (χ4n) is 2.37. The normalized spacial score (nSPS) is 11.4. The smallest absolute Gasteiger partial charge is 0.270 e. The van der Waals surface area contributed by atoms with Crippen LogP contribution in [0.3, 0.4) is 0 Å². The number of non-ortho nitro benzene ring substituents is 1. The second kappa shape index (κ2) is 6.79. The molecule has 0 radical (unpaired) electrons. The van der Waals surface area contributed by atoms with Gasteiger partial charge in [-0.3, -0.25) is 10.1 Å². The van der Waals surface area contributed by atoms with E-state index in [9.17, 15) is 15.4 Å². The molecule has 0 saturated heterocycles. The molecule has 118 valence electrons. The third-order valence-corrected chi connectivity index (χ3v) is 3.56. The number of nitrogens with zero attached hydrogens (tertiary/aromatic N) is 2. The minimum Gasteiger partial charge on any atom is -0.496 e. The van der Waals surface area contributed by atoms with Gasteiger partial charge < -0.3 is 10.1 Å². The lowest BCUT2D eigenvalue weighted by molar-refractivity contribution is -0.384. The van der Waals surface area contributed by atoms with E-state index in [0.717, 1.165) is 16.9 Å². The van der Waals surface area contributed by atoms with Crippen molar-refractivity contribution in [3.63, 3.8) is 0 Å². The van der Waals surface area contributed by atoms with Gasteiger partial charge in [0, 0.05) is 17.7 Å². The Morgan fingerprint density at radius 1 is 1.30 bits per heavy atom. The number of anilines is 1. The van der Waals surface area contributed by atoms with Crippen LogP contribution in [0, 0.1) is 28.4 Å². The number of aryl methyl sites for hydroxylation is 1. The molecule has 0 fully saturated rings. The lowest BCUT2D eigenvalue weighted by atomic mass is 10.0. The fraction of sp³-hybridized carbons (Fsp3) is 0.235. The average molecular weight is 311 g/mol. The van der Waals surface area contributed by atoms with E-state index in [1.807, 2.05) is 38.1 Å². The summed E-state index contributed by atoms with van der Waals surface area (Å²) >= 11 is 0.